The highest BCUT2D eigenvalue weighted by molar-refractivity contribution is 9.10. The van der Waals surface area contributed by atoms with Gasteiger partial charge in [0, 0.05) is 25.9 Å². The summed E-state index contributed by atoms with van der Waals surface area (Å²) in [5, 5.41) is 2.79. The monoisotopic (exact) mass is 368 g/mol. The Balaban J connectivity index is 2.18. The molecular formula is C13H10Br2N2O. The number of benzene rings is 2. The van der Waals surface area contributed by atoms with E-state index in [0.29, 0.717) is 16.9 Å². The minimum atomic E-state index is -0.168. The smallest absolute Gasteiger partial charge is 0.255 e. The number of anilines is 2. The zero-order valence-electron chi connectivity index (χ0n) is 9.28. The molecule has 2 rings (SSSR count). The maximum absolute atomic E-state index is 12.0. The third-order valence-corrected chi connectivity index (χ3v) is 3.56. The summed E-state index contributed by atoms with van der Waals surface area (Å²) in [5.74, 6) is -0.168. The summed E-state index contributed by atoms with van der Waals surface area (Å²) in [6, 6.07) is 12.5. The third kappa shape index (κ3) is 3.11. The summed E-state index contributed by atoms with van der Waals surface area (Å²) in [5.41, 5.74) is 7.59. The van der Waals surface area contributed by atoms with Crippen molar-refractivity contribution in [2.75, 3.05) is 11.1 Å². The molecule has 0 unspecified atom stereocenters. The van der Waals surface area contributed by atoms with E-state index in [0.717, 1.165) is 8.95 Å². The van der Waals surface area contributed by atoms with Crippen LogP contribution in [0.2, 0.25) is 0 Å². The minimum absolute atomic E-state index is 0.168. The molecule has 0 aliphatic rings. The number of hydrogen-bond acceptors (Lipinski definition) is 2. The molecule has 0 fully saturated rings. The van der Waals surface area contributed by atoms with E-state index in [1.165, 1.54) is 0 Å². The number of rotatable bonds is 2. The van der Waals surface area contributed by atoms with Crippen molar-refractivity contribution in [2.45, 2.75) is 0 Å². The number of carbonyl (C=O) groups excluding carboxylic acids is 1. The van der Waals surface area contributed by atoms with Crippen molar-refractivity contribution in [3.63, 3.8) is 0 Å². The number of nitrogen functional groups attached to an aromatic ring is 1. The second kappa shape index (κ2) is 5.54. The van der Waals surface area contributed by atoms with Crippen molar-refractivity contribution in [3.05, 3.63) is 57.0 Å². The molecule has 3 nitrogen and oxygen atoms in total. The van der Waals surface area contributed by atoms with Crippen LogP contribution in [0.5, 0.6) is 0 Å². The van der Waals surface area contributed by atoms with Crippen LogP contribution in [0.15, 0.2) is 51.4 Å². The molecule has 0 aliphatic carbocycles. The average molecular weight is 370 g/mol. The third-order valence-electron chi connectivity index (χ3n) is 2.34. The molecule has 92 valence electrons. The highest BCUT2D eigenvalue weighted by Crippen LogP contribution is 2.23. The Bertz CT molecular complexity index is 599. The van der Waals surface area contributed by atoms with Crippen molar-refractivity contribution in [1.82, 2.24) is 0 Å². The van der Waals surface area contributed by atoms with Gasteiger partial charge in [-0.1, -0.05) is 22.0 Å². The number of amides is 1. The molecule has 0 aliphatic heterocycles. The van der Waals surface area contributed by atoms with Gasteiger partial charge in [0.2, 0.25) is 0 Å². The highest BCUT2D eigenvalue weighted by atomic mass is 79.9. The summed E-state index contributed by atoms with van der Waals surface area (Å²) in [7, 11) is 0. The largest absolute Gasteiger partial charge is 0.398 e. The second-order valence-corrected chi connectivity index (χ2v) is 5.47. The van der Waals surface area contributed by atoms with Gasteiger partial charge in [-0.05, 0) is 52.3 Å². The summed E-state index contributed by atoms with van der Waals surface area (Å²) in [6.45, 7) is 0. The van der Waals surface area contributed by atoms with Crippen molar-refractivity contribution in [2.24, 2.45) is 0 Å². The molecule has 3 N–H and O–H groups in total. The summed E-state index contributed by atoms with van der Waals surface area (Å²) < 4.78 is 1.67. The van der Waals surface area contributed by atoms with Gasteiger partial charge in [-0.15, -0.1) is 0 Å². The van der Waals surface area contributed by atoms with Gasteiger partial charge in [0.15, 0.2) is 0 Å². The summed E-state index contributed by atoms with van der Waals surface area (Å²) >= 11 is 6.64. The molecule has 1 amide bonds. The predicted octanol–water partition coefficient (Wildman–Crippen LogP) is 4.05. The number of carbonyl (C=O) groups is 1. The van der Waals surface area contributed by atoms with E-state index in [9.17, 15) is 4.79 Å². The lowest BCUT2D eigenvalue weighted by Gasteiger charge is -2.07. The van der Waals surface area contributed by atoms with Gasteiger partial charge in [-0.3, -0.25) is 4.79 Å². The first kappa shape index (κ1) is 13.1. The Morgan fingerprint density at radius 1 is 1.11 bits per heavy atom. The summed E-state index contributed by atoms with van der Waals surface area (Å²) in [6.07, 6.45) is 0. The predicted molar refractivity (Wildman–Crippen MR) is 80.6 cm³/mol. The molecule has 0 aromatic heterocycles. The van der Waals surface area contributed by atoms with Crippen molar-refractivity contribution >= 4 is 49.1 Å². The Morgan fingerprint density at radius 2 is 1.89 bits per heavy atom. The first-order valence-electron chi connectivity index (χ1n) is 5.18. The first-order valence-corrected chi connectivity index (χ1v) is 6.77. The highest BCUT2D eigenvalue weighted by Gasteiger charge is 2.07. The molecule has 0 saturated carbocycles. The van der Waals surface area contributed by atoms with Crippen LogP contribution in [-0.4, -0.2) is 5.91 Å². The van der Waals surface area contributed by atoms with E-state index in [1.807, 2.05) is 12.1 Å². The SMILES string of the molecule is Nc1cc(NC(=O)c2cccc(Br)c2)ccc1Br. The van der Waals surface area contributed by atoms with Gasteiger partial charge in [0.05, 0.1) is 0 Å². The van der Waals surface area contributed by atoms with Gasteiger partial charge in [-0.25, -0.2) is 0 Å². The minimum Gasteiger partial charge on any atom is -0.398 e. The van der Waals surface area contributed by atoms with Crippen molar-refractivity contribution in [1.29, 1.82) is 0 Å². The standard InChI is InChI=1S/C13H10Br2N2O/c14-9-3-1-2-8(6-9)13(18)17-10-4-5-11(15)12(16)7-10/h1-7H,16H2,(H,17,18). The molecule has 0 heterocycles. The maximum atomic E-state index is 12.0. The van der Waals surface area contributed by atoms with Crippen LogP contribution in [0.1, 0.15) is 10.4 Å². The second-order valence-electron chi connectivity index (χ2n) is 3.70. The molecule has 0 spiro atoms. The van der Waals surface area contributed by atoms with Gasteiger partial charge in [-0.2, -0.15) is 0 Å². The molecular weight excluding hydrogens is 360 g/mol. The van der Waals surface area contributed by atoms with Crippen molar-refractivity contribution < 1.29 is 4.79 Å². The van der Waals surface area contributed by atoms with E-state index in [4.69, 9.17) is 5.73 Å². The number of hydrogen-bond donors (Lipinski definition) is 2. The van der Waals surface area contributed by atoms with Gasteiger partial charge >= 0.3 is 0 Å². The molecule has 0 saturated heterocycles. The molecule has 0 bridgehead atoms. The van der Waals surface area contributed by atoms with E-state index in [1.54, 1.807) is 30.3 Å². The summed E-state index contributed by atoms with van der Waals surface area (Å²) in [4.78, 5) is 12.0. The Labute approximate surface area is 122 Å². The molecule has 5 heteroatoms. The normalized spacial score (nSPS) is 10.1. The van der Waals surface area contributed by atoms with Crippen LogP contribution in [0.3, 0.4) is 0 Å². The topological polar surface area (TPSA) is 55.1 Å². The fourth-order valence-electron chi connectivity index (χ4n) is 1.45. The fraction of sp³-hybridized carbons (Fsp3) is 0. The molecule has 18 heavy (non-hydrogen) atoms. The molecule has 0 atom stereocenters. The van der Waals surface area contributed by atoms with E-state index in [-0.39, 0.29) is 5.91 Å². The number of nitrogens with one attached hydrogen (secondary N) is 1. The Hall–Kier alpha value is -1.33. The van der Waals surface area contributed by atoms with Crippen LogP contribution < -0.4 is 11.1 Å². The Morgan fingerprint density at radius 3 is 2.56 bits per heavy atom. The Kier molecular flexibility index (Phi) is 4.04. The van der Waals surface area contributed by atoms with Crippen molar-refractivity contribution in [3.8, 4) is 0 Å². The van der Waals surface area contributed by atoms with Gasteiger partial charge in [0.1, 0.15) is 0 Å². The lowest BCUT2D eigenvalue weighted by molar-refractivity contribution is 0.102. The first-order chi connectivity index (χ1) is 8.56. The average Bonchev–Trinajstić information content (AvgIpc) is 2.34. The quantitative estimate of drug-likeness (QED) is 0.784. The van der Waals surface area contributed by atoms with Crippen LogP contribution in [0.25, 0.3) is 0 Å². The van der Waals surface area contributed by atoms with Gasteiger partial charge < -0.3 is 11.1 Å². The van der Waals surface area contributed by atoms with E-state index in [2.05, 4.69) is 37.2 Å². The molecule has 0 radical (unpaired) electrons. The lowest BCUT2D eigenvalue weighted by atomic mass is 10.2. The van der Waals surface area contributed by atoms with E-state index < -0.39 is 0 Å². The zero-order chi connectivity index (χ0) is 13.1. The molecule has 2 aromatic carbocycles. The van der Waals surface area contributed by atoms with E-state index >= 15 is 0 Å². The van der Waals surface area contributed by atoms with Gasteiger partial charge in [0.25, 0.3) is 5.91 Å². The molecule has 2 aromatic rings. The number of nitrogens with two attached hydrogens (primary N) is 1. The number of halogens is 2. The maximum Gasteiger partial charge on any atom is 0.255 e. The lowest BCUT2D eigenvalue weighted by Crippen LogP contribution is -2.11. The van der Waals surface area contributed by atoms with Crippen LogP contribution >= 0.6 is 31.9 Å². The van der Waals surface area contributed by atoms with Crippen LogP contribution in [0, 0.1) is 0 Å². The fourth-order valence-corrected chi connectivity index (χ4v) is 2.10. The zero-order valence-corrected chi connectivity index (χ0v) is 12.5. The van der Waals surface area contributed by atoms with Crippen LogP contribution in [0.4, 0.5) is 11.4 Å². The van der Waals surface area contributed by atoms with Crippen LogP contribution in [-0.2, 0) is 0 Å².